The number of hydrogen-bond acceptors (Lipinski definition) is 3. The van der Waals surface area contributed by atoms with Crippen molar-refractivity contribution in [3.63, 3.8) is 0 Å². The molecule has 0 bridgehead atoms. The molecule has 6 nitrogen and oxygen atoms in total. The lowest BCUT2D eigenvalue weighted by atomic mass is 10.00. The molecule has 0 fully saturated rings. The number of nitrogens with zero attached hydrogens (tertiary/aromatic N) is 2. The van der Waals surface area contributed by atoms with E-state index in [4.69, 9.17) is 0 Å². The van der Waals surface area contributed by atoms with Gasteiger partial charge in [-0.15, -0.1) is 0 Å². The predicted octanol–water partition coefficient (Wildman–Crippen LogP) is 2.13. The highest BCUT2D eigenvalue weighted by Gasteiger charge is 2.36. The molecule has 9 heteroatoms. The van der Waals surface area contributed by atoms with Crippen LogP contribution in [0.2, 0.25) is 0 Å². The molecule has 0 unspecified atom stereocenters. The van der Waals surface area contributed by atoms with Crippen molar-refractivity contribution in [2.45, 2.75) is 26.1 Å². The second kappa shape index (κ2) is 6.23. The topological polar surface area (TPSA) is 76.0 Å². The van der Waals surface area contributed by atoms with E-state index in [2.05, 4.69) is 15.7 Å². The molecule has 1 aromatic carbocycles. The number of halogens is 3. The fraction of sp³-hybridized carbons (Fsp3) is 0.312. The van der Waals surface area contributed by atoms with Gasteiger partial charge in [0.1, 0.15) is 6.54 Å². The second-order valence-corrected chi connectivity index (χ2v) is 5.78. The summed E-state index contributed by atoms with van der Waals surface area (Å²) >= 11 is 0. The molecule has 1 aliphatic heterocycles. The lowest BCUT2D eigenvalue weighted by Gasteiger charge is -2.17. The summed E-state index contributed by atoms with van der Waals surface area (Å²) in [5.41, 5.74) is 0.717. The van der Waals surface area contributed by atoms with Crippen LogP contribution in [0.1, 0.15) is 27.2 Å². The second-order valence-electron chi connectivity index (χ2n) is 5.78. The fourth-order valence-electron chi connectivity index (χ4n) is 2.72. The van der Waals surface area contributed by atoms with Crippen LogP contribution < -0.4 is 10.6 Å². The van der Waals surface area contributed by atoms with Crippen molar-refractivity contribution in [1.29, 1.82) is 0 Å². The van der Waals surface area contributed by atoms with Crippen molar-refractivity contribution in [3.05, 3.63) is 46.8 Å². The minimum absolute atomic E-state index is 0.0502. The fourth-order valence-corrected chi connectivity index (χ4v) is 2.72. The molecule has 3 rings (SSSR count). The maximum absolute atomic E-state index is 12.7. The van der Waals surface area contributed by atoms with Gasteiger partial charge in [0.25, 0.3) is 5.91 Å². The van der Waals surface area contributed by atoms with Crippen molar-refractivity contribution in [1.82, 2.24) is 15.1 Å². The summed E-state index contributed by atoms with van der Waals surface area (Å²) in [5, 5.41) is 8.69. The van der Waals surface area contributed by atoms with E-state index in [-0.39, 0.29) is 18.0 Å². The highest BCUT2D eigenvalue weighted by atomic mass is 19.4. The number of anilines is 1. The summed E-state index contributed by atoms with van der Waals surface area (Å²) in [5.74, 6) is -0.748. The average Bonchev–Trinajstić information content (AvgIpc) is 2.88. The van der Waals surface area contributed by atoms with Gasteiger partial charge in [-0.05, 0) is 36.6 Å². The molecule has 0 aliphatic carbocycles. The molecular weight excluding hydrogens is 337 g/mol. The maximum atomic E-state index is 12.7. The van der Waals surface area contributed by atoms with Gasteiger partial charge in [-0.1, -0.05) is 6.07 Å². The Balaban J connectivity index is 1.71. The molecule has 2 aromatic rings. The van der Waals surface area contributed by atoms with E-state index < -0.39 is 17.8 Å². The molecule has 2 heterocycles. The van der Waals surface area contributed by atoms with Gasteiger partial charge in [0.15, 0.2) is 5.69 Å². The number of amides is 2. The van der Waals surface area contributed by atoms with Crippen molar-refractivity contribution < 1.29 is 22.8 Å². The number of hydrogen-bond donors (Lipinski definition) is 2. The van der Waals surface area contributed by atoms with Gasteiger partial charge in [0.2, 0.25) is 5.91 Å². The molecule has 2 N–H and O–H groups in total. The zero-order valence-electron chi connectivity index (χ0n) is 13.3. The molecule has 0 atom stereocenters. The predicted molar refractivity (Wildman–Crippen MR) is 83.1 cm³/mol. The number of fused-ring (bicyclic) bond motifs is 1. The molecule has 1 aromatic heterocycles. The van der Waals surface area contributed by atoms with Gasteiger partial charge < -0.3 is 10.6 Å². The number of benzene rings is 1. The van der Waals surface area contributed by atoms with Crippen molar-refractivity contribution in [3.8, 4) is 0 Å². The summed E-state index contributed by atoms with van der Waals surface area (Å²) < 4.78 is 39.1. The standard InChI is InChI=1S/C16H15F3N4O2/c1-9-7-23(22-14(9)16(17,18)19)8-13(24)21-11-3-2-10-4-5-20-15(25)12(10)6-11/h2-3,6-7H,4-5,8H2,1H3,(H,20,25)(H,21,24). The highest BCUT2D eigenvalue weighted by Crippen LogP contribution is 2.30. The minimum atomic E-state index is -4.56. The SMILES string of the molecule is Cc1cn(CC(=O)Nc2ccc3c(c2)C(=O)NCC3)nc1C(F)(F)F. The van der Waals surface area contributed by atoms with Crippen molar-refractivity contribution >= 4 is 17.5 Å². The molecule has 25 heavy (non-hydrogen) atoms. The van der Waals surface area contributed by atoms with E-state index in [1.54, 1.807) is 18.2 Å². The Hall–Kier alpha value is -2.84. The van der Waals surface area contributed by atoms with Gasteiger partial charge in [-0.3, -0.25) is 14.3 Å². The Morgan fingerprint density at radius 3 is 2.84 bits per heavy atom. The van der Waals surface area contributed by atoms with Crippen LogP contribution in [0.15, 0.2) is 24.4 Å². The number of carbonyl (C=O) groups is 2. The molecule has 0 saturated heterocycles. The van der Waals surface area contributed by atoms with Crippen LogP contribution in [0.4, 0.5) is 18.9 Å². The van der Waals surface area contributed by atoms with Gasteiger partial charge in [-0.25, -0.2) is 0 Å². The Morgan fingerprint density at radius 1 is 1.40 bits per heavy atom. The van der Waals surface area contributed by atoms with Crippen LogP contribution >= 0.6 is 0 Å². The van der Waals surface area contributed by atoms with Gasteiger partial charge in [0, 0.05) is 24.0 Å². The van der Waals surface area contributed by atoms with E-state index in [0.29, 0.717) is 24.2 Å². The van der Waals surface area contributed by atoms with Crippen LogP contribution in [0.3, 0.4) is 0 Å². The molecule has 2 amide bonds. The summed E-state index contributed by atoms with van der Waals surface area (Å²) in [4.78, 5) is 23.9. The van der Waals surface area contributed by atoms with E-state index >= 15 is 0 Å². The summed E-state index contributed by atoms with van der Waals surface area (Å²) in [6.07, 6.45) is -2.68. The van der Waals surface area contributed by atoms with Crippen molar-refractivity contribution in [2.75, 3.05) is 11.9 Å². The Bertz CT molecular complexity index is 842. The number of aromatic nitrogens is 2. The third kappa shape index (κ3) is 3.65. The Labute approximate surface area is 141 Å². The summed E-state index contributed by atoms with van der Waals surface area (Å²) in [6.45, 7) is 1.49. The molecule has 0 radical (unpaired) electrons. The number of rotatable bonds is 3. The average molecular weight is 352 g/mol. The first kappa shape index (κ1) is 17.0. The lowest BCUT2D eigenvalue weighted by Crippen LogP contribution is -2.32. The Morgan fingerprint density at radius 2 is 2.16 bits per heavy atom. The minimum Gasteiger partial charge on any atom is -0.352 e. The summed E-state index contributed by atoms with van der Waals surface area (Å²) in [6, 6.07) is 4.96. The normalized spacial score (nSPS) is 14.0. The number of aryl methyl sites for hydroxylation is 1. The Kier molecular flexibility index (Phi) is 4.23. The van der Waals surface area contributed by atoms with Gasteiger partial charge in [0.05, 0.1) is 0 Å². The first-order valence-corrected chi connectivity index (χ1v) is 7.56. The molecule has 132 valence electrons. The van der Waals surface area contributed by atoms with Crippen LogP contribution in [-0.2, 0) is 23.9 Å². The molecular formula is C16H15F3N4O2. The zero-order chi connectivity index (χ0) is 18.2. The highest BCUT2D eigenvalue weighted by molar-refractivity contribution is 5.99. The molecule has 0 spiro atoms. The van der Waals surface area contributed by atoms with Crippen LogP contribution in [0.5, 0.6) is 0 Å². The maximum Gasteiger partial charge on any atom is 0.435 e. The molecule has 1 aliphatic rings. The third-order valence-corrected chi connectivity index (χ3v) is 3.84. The third-order valence-electron chi connectivity index (χ3n) is 3.84. The quantitative estimate of drug-likeness (QED) is 0.889. The monoisotopic (exact) mass is 352 g/mol. The van der Waals surface area contributed by atoms with Crippen LogP contribution in [0.25, 0.3) is 0 Å². The number of nitrogens with one attached hydrogen (secondary N) is 2. The first-order valence-electron chi connectivity index (χ1n) is 7.56. The summed E-state index contributed by atoms with van der Waals surface area (Å²) in [7, 11) is 0. The number of alkyl halides is 3. The van der Waals surface area contributed by atoms with Crippen LogP contribution in [-0.4, -0.2) is 28.1 Å². The number of carbonyl (C=O) groups excluding carboxylic acids is 2. The first-order chi connectivity index (χ1) is 11.7. The largest absolute Gasteiger partial charge is 0.435 e. The van der Waals surface area contributed by atoms with Gasteiger partial charge >= 0.3 is 6.18 Å². The lowest BCUT2D eigenvalue weighted by molar-refractivity contribution is -0.142. The smallest absolute Gasteiger partial charge is 0.352 e. The molecule has 0 saturated carbocycles. The van der Waals surface area contributed by atoms with E-state index in [1.165, 1.54) is 13.1 Å². The van der Waals surface area contributed by atoms with Gasteiger partial charge in [-0.2, -0.15) is 18.3 Å². The van der Waals surface area contributed by atoms with Crippen molar-refractivity contribution in [2.24, 2.45) is 0 Å². The van der Waals surface area contributed by atoms with E-state index in [9.17, 15) is 22.8 Å². The van der Waals surface area contributed by atoms with E-state index in [0.717, 1.165) is 10.2 Å². The zero-order valence-corrected chi connectivity index (χ0v) is 13.3. The van der Waals surface area contributed by atoms with E-state index in [1.807, 2.05) is 0 Å². The van der Waals surface area contributed by atoms with Crippen LogP contribution in [0, 0.1) is 6.92 Å².